The lowest BCUT2D eigenvalue weighted by Crippen LogP contribution is -2.28. The van der Waals surface area contributed by atoms with E-state index in [0.717, 1.165) is 18.7 Å². The Balaban J connectivity index is 2.45. The van der Waals surface area contributed by atoms with Crippen LogP contribution in [0.15, 0.2) is 0 Å². The molecule has 0 unspecified atom stereocenters. The molecule has 1 aliphatic carbocycles. The second-order valence-electron chi connectivity index (χ2n) is 4.06. The van der Waals surface area contributed by atoms with Gasteiger partial charge in [0.05, 0.1) is 0 Å². The molecule has 1 aromatic rings. The normalized spacial score (nSPS) is 15.4. The minimum atomic E-state index is -0.192. The summed E-state index contributed by atoms with van der Waals surface area (Å²) in [5, 5.41) is 4.28. The number of carbonyl (C=O) groups excluding carboxylic acids is 1. The first kappa shape index (κ1) is 10.4. The number of aromatic nitrogens is 3. The Morgan fingerprint density at radius 1 is 1.53 bits per heavy atom. The first-order chi connectivity index (χ1) is 7.02. The van der Waals surface area contributed by atoms with Gasteiger partial charge in [-0.25, -0.2) is 4.79 Å². The van der Waals surface area contributed by atoms with Crippen molar-refractivity contribution in [3.05, 3.63) is 10.6 Å². The average molecular weight is 226 g/mol. The van der Waals surface area contributed by atoms with E-state index in [2.05, 4.69) is 5.10 Å². The second kappa shape index (κ2) is 3.44. The Hall–Kier alpha value is -1.17. The Morgan fingerprint density at radius 2 is 2.13 bits per heavy atom. The molecule has 1 amide bonds. The third-order valence-electron chi connectivity index (χ3n) is 2.52. The fraction of sp³-hybridized carbons (Fsp3) is 0.667. The summed E-state index contributed by atoms with van der Waals surface area (Å²) in [5.74, 6) is 1.42. The SMILES string of the molecule is CN(C)C(=O)n1nc(C2CC2)n(C)c1=S. The van der Waals surface area contributed by atoms with Crippen LogP contribution in [-0.4, -0.2) is 39.4 Å². The first-order valence-corrected chi connectivity index (χ1v) is 5.30. The Labute approximate surface area is 93.3 Å². The molecule has 0 aliphatic heterocycles. The number of amides is 1. The lowest BCUT2D eigenvalue weighted by Gasteiger charge is -2.08. The highest BCUT2D eigenvalue weighted by molar-refractivity contribution is 7.71. The maximum absolute atomic E-state index is 11.7. The van der Waals surface area contributed by atoms with Gasteiger partial charge in [0.25, 0.3) is 0 Å². The van der Waals surface area contributed by atoms with Crippen molar-refractivity contribution >= 4 is 18.2 Å². The molecule has 0 N–H and O–H groups in total. The molecule has 15 heavy (non-hydrogen) atoms. The molecule has 1 fully saturated rings. The van der Waals surface area contributed by atoms with Crippen LogP contribution in [-0.2, 0) is 7.05 Å². The number of hydrogen-bond donors (Lipinski definition) is 0. The maximum atomic E-state index is 11.7. The molecule has 2 rings (SSSR count). The van der Waals surface area contributed by atoms with Crippen molar-refractivity contribution in [2.24, 2.45) is 7.05 Å². The van der Waals surface area contributed by atoms with Crippen LogP contribution in [0.1, 0.15) is 24.6 Å². The van der Waals surface area contributed by atoms with Gasteiger partial charge in [-0.2, -0.15) is 4.68 Å². The van der Waals surface area contributed by atoms with Crippen molar-refractivity contribution in [3.63, 3.8) is 0 Å². The van der Waals surface area contributed by atoms with Crippen LogP contribution in [0, 0.1) is 4.77 Å². The first-order valence-electron chi connectivity index (χ1n) is 4.90. The van der Waals surface area contributed by atoms with E-state index in [1.165, 1.54) is 9.58 Å². The number of carbonyl (C=O) groups is 1. The van der Waals surface area contributed by atoms with Gasteiger partial charge in [-0.3, -0.25) is 0 Å². The number of nitrogens with zero attached hydrogens (tertiary/aromatic N) is 4. The van der Waals surface area contributed by atoms with Crippen molar-refractivity contribution in [3.8, 4) is 0 Å². The Bertz CT molecular complexity index is 455. The topological polar surface area (TPSA) is 43.1 Å². The summed E-state index contributed by atoms with van der Waals surface area (Å²) in [7, 11) is 5.24. The molecule has 0 spiro atoms. The zero-order chi connectivity index (χ0) is 11.2. The Kier molecular flexibility index (Phi) is 2.38. The van der Waals surface area contributed by atoms with E-state index in [0.29, 0.717) is 10.7 Å². The standard InChI is InChI=1S/C9H14N4OS/c1-11(2)8(14)13-9(15)12(3)7(10-13)6-4-5-6/h6H,4-5H2,1-3H3. The summed E-state index contributed by atoms with van der Waals surface area (Å²) in [6.45, 7) is 0. The molecule has 1 saturated carbocycles. The molecule has 0 saturated heterocycles. The third kappa shape index (κ3) is 1.69. The summed E-state index contributed by atoms with van der Waals surface area (Å²) >= 11 is 5.17. The van der Waals surface area contributed by atoms with Crippen LogP contribution >= 0.6 is 12.2 Å². The van der Waals surface area contributed by atoms with Gasteiger partial charge in [0.2, 0.25) is 4.77 Å². The van der Waals surface area contributed by atoms with Crippen LogP contribution in [0.4, 0.5) is 4.79 Å². The summed E-state index contributed by atoms with van der Waals surface area (Å²) in [6.07, 6.45) is 2.30. The largest absolute Gasteiger partial charge is 0.346 e. The minimum absolute atomic E-state index is 0.192. The van der Waals surface area contributed by atoms with E-state index in [1.807, 2.05) is 11.6 Å². The lowest BCUT2D eigenvalue weighted by atomic mass is 10.4. The van der Waals surface area contributed by atoms with Gasteiger partial charge in [-0.15, -0.1) is 5.10 Å². The number of hydrogen-bond acceptors (Lipinski definition) is 3. The van der Waals surface area contributed by atoms with Crippen molar-refractivity contribution in [2.45, 2.75) is 18.8 Å². The van der Waals surface area contributed by atoms with Crippen molar-refractivity contribution in [1.29, 1.82) is 0 Å². The van der Waals surface area contributed by atoms with Crippen LogP contribution in [0.2, 0.25) is 0 Å². The fourth-order valence-corrected chi connectivity index (χ4v) is 1.68. The van der Waals surface area contributed by atoms with E-state index < -0.39 is 0 Å². The van der Waals surface area contributed by atoms with Gasteiger partial charge in [-0.05, 0) is 25.1 Å². The van der Waals surface area contributed by atoms with E-state index >= 15 is 0 Å². The smallest absolute Gasteiger partial charge is 0.329 e. The fourth-order valence-electron chi connectivity index (χ4n) is 1.46. The maximum Gasteiger partial charge on any atom is 0.346 e. The summed E-state index contributed by atoms with van der Waals surface area (Å²) in [4.78, 5) is 13.2. The van der Waals surface area contributed by atoms with Gasteiger partial charge in [-0.1, -0.05) is 0 Å². The van der Waals surface area contributed by atoms with E-state index in [1.54, 1.807) is 14.1 Å². The number of rotatable bonds is 1. The zero-order valence-electron chi connectivity index (χ0n) is 9.10. The van der Waals surface area contributed by atoms with Crippen LogP contribution < -0.4 is 0 Å². The molecular weight excluding hydrogens is 212 g/mol. The van der Waals surface area contributed by atoms with Gasteiger partial charge >= 0.3 is 6.03 Å². The highest BCUT2D eigenvalue weighted by Crippen LogP contribution is 2.38. The van der Waals surface area contributed by atoms with Crippen LogP contribution in [0.3, 0.4) is 0 Å². The summed E-state index contributed by atoms with van der Waals surface area (Å²) in [5.41, 5.74) is 0. The molecule has 0 aromatic carbocycles. The molecule has 0 radical (unpaired) electrons. The highest BCUT2D eigenvalue weighted by Gasteiger charge is 2.30. The molecule has 1 aliphatic rings. The average Bonchev–Trinajstić information content (AvgIpc) is 2.96. The third-order valence-corrected chi connectivity index (χ3v) is 2.97. The van der Waals surface area contributed by atoms with E-state index in [-0.39, 0.29) is 6.03 Å². The monoisotopic (exact) mass is 226 g/mol. The van der Waals surface area contributed by atoms with Crippen LogP contribution in [0.25, 0.3) is 0 Å². The predicted molar refractivity (Wildman–Crippen MR) is 58.5 cm³/mol. The predicted octanol–water partition coefficient (Wildman–Crippen LogP) is 1.36. The van der Waals surface area contributed by atoms with Crippen molar-refractivity contribution in [1.82, 2.24) is 19.2 Å². The lowest BCUT2D eigenvalue weighted by molar-refractivity contribution is 0.215. The molecule has 82 valence electrons. The highest BCUT2D eigenvalue weighted by atomic mass is 32.1. The molecular formula is C9H14N4OS. The van der Waals surface area contributed by atoms with E-state index in [4.69, 9.17) is 12.2 Å². The molecule has 0 atom stereocenters. The molecule has 6 heteroatoms. The van der Waals surface area contributed by atoms with Crippen molar-refractivity contribution in [2.75, 3.05) is 14.1 Å². The molecule has 5 nitrogen and oxygen atoms in total. The minimum Gasteiger partial charge on any atom is -0.329 e. The Morgan fingerprint density at radius 3 is 2.60 bits per heavy atom. The van der Waals surface area contributed by atoms with Crippen LogP contribution in [0.5, 0.6) is 0 Å². The van der Waals surface area contributed by atoms with Gasteiger partial charge in [0.15, 0.2) is 0 Å². The van der Waals surface area contributed by atoms with Gasteiger partial charge < -0.3 is 9.47 Å². The van der Waals surface area contributed by atoms with Gasteiger partial charge in [0, 0.05) is 27.1 Å². The van der Waals surface area contributed by atoms with E-state index in [9.17, 15) is 4.79 Å². The summed E-state index contributed by atoms with van der Waals surface area (Å²) < 4.78 is 3.59. The molecule has 1 aromatic heterocycles. The van der Waals surface area contributed by atoms with Crippen molar-refractivity contribution < 1.29 is 4.79 Å². The molecule has 0 bridgehead atoms. The second-order valence-corrected chi connectivity index (χ2v) is 4.43. The molecule has 1 heterocycles. The zero-order valence-corrected chi connectivity index (χ0v) is 9.91. The quantitative estimate of drug-likeness (QED) is 0.679. The van der Waals surface area contributed by atoms with Gasteiger partial charge in [0.1, 0.15) is 5.82 Å². The summed E-state index contributed by atoms with van der Waals surface area (Å²) in [6, 6.07) is -0.192.